The monoisotopic (exact) mass is 804 g/mol. The Morgan fingerprint density at radius 2 is 0.825 bits per heavy atom. The third-order valence-electron chi connectivity index (χ3n) is 11.5. The minimum Gasteiger partial charge on any atom is -0.466 e. The summed E-state index contributed by atoms with van der Waals surface area (Å²) in [5.41, 5.74) is 0. The molecule has 0 bridgehead atoms. The Balaban J connectivity index is 3.41. The number of rotatable bonds is 46. The van der Waals surface area contributed by atoms with E-state index in [1.807, 2.05) is 6.08 Å². The van der Waals surface area contributed by atoms with Gasteiger partial charge in [0.1, 0.15) is 0 Å². The average molecular weight is 804 g/mol. The van der Waals surface area contributed by atoms with Crippen LogP contribution in [0.3, 0.4) is 0 Å². The van der Waals surface area contributed by atoms with Crippen molar-refractivity contribution in [1.82, 2.24) is 5.32 Å². The number of ether oxygens (including phenoxy) is 1. The van der Waals surface area contributed by atoms with Crippen LogP contribution in [0.1, 0.15) is 264 Å². The summed E-state index contributed by atoms with van der Waals surface area (Å²) >= 11 is 0. The van der Waals surface area contributed by atoms with Crippen LogP contribution in [0.25, 0.3) is 0 Å². The number of amides is 1. The summed E-state index contributed by atoms with van der Waals surface area (Å²) < 4.78 is 5.46. The lowest BCUT2D eigenvalue weighted by molar-refractivity contribution is -0.143. The maximum Gasteiger partial charge on any atom is 0.305 e. The molecule has 0 heterocycles. The van der Waals surface area contributed by atoms with Crippen LogP contribution in [0.15, 0.2) is 24.3 Å². The van der Waals surface area contributed by atoms with Gasteiger partial charge in [-0.25, -0.2) is 0 Å². The van der Waals surface area contributed by atoms with E-state index in [0.717, 1.165) is 44.9 Å². The van der Waals surface area contributed by atoms with Crippen molar-refractivity contribution in [2.24, 2.45) is 0 Å². The number of nitrogens with one attached hydrogen (secondary N) is 1. The van der Waals surface area contributed by atoms with Crippen molar-refractivity contribution in [1.29, 1.82) is 0 Å². The number of carbonyl (C=O) groups excluding carboxylic acids is 2. The highest BCUT2D eigenvalue weighted by Gasteiger charge is 2.18. The summed E-state index contributed by atoms with van der Waals surface area (Å²) in [5, 5.41) is 22.9. The van der Waals surface area contributed by atoms with Gasteiger partial charge in [0.15, 0.2) is 0 Å². The second-order valence-corrected chi connectivity index (χ2v) is 17.1. The first kappa shape index (κ1) is 55.3. The van der Waals surface area contributed by atoms with Gasteiger partial charge in [0.25, 0.3) is 0 Å². The molecule has 0 aromatic carbocycles. The molecule has 0 fully saturated rings. The maximum atomic E-state index is 12.4. The van der Waals surface area contributed by atoms with Gasteiger partial charge in [-0.2, -0.15) is 0 Å². The first-order valence-electron chi connectivity index (χ1n) is 25.1. The lowest BCUT2D eigenvalue weighted by Crippen LogP contribution is -2.45. The van der Waals surface area contributed by atoms with Gasteiger partial charge in [-0.05, 0) is 57.8 Å². The van der Waals surface area contributed by atoms with E-state index < -0.39 is 12.1 Å². The van der Waals surface area contributed by atoms with E-state index in [1.165, 1.54) is 193 Å². The van der Waals surface area contributed by atoms with E-state index in [4.69, 9.17) is 4.74 Å². The summed E-state index contributed by atoms with van der Waals surface area (Å²) in [7, 11) is 0. The molecule has 6 nitrogen and oxygen atoms in total. The van der Waals surface area contributed by atoms with Gasteiger partial charge in [0, 0.05) is 12.8 Å². The van der Waals surface area contributed by atoms with Crippen LogP contribution >= 0.6 is 0 Å². The van der Waals surface area contributed by atoms with Crippen molar-refractivity contribution in [3.8, 4) is 0 Å². The molecule has 0 spiro atoms. The maximum absolute atomic E-state index is 12.4. The largest absolute Gasteiger partial charge is 0.466 e. The molecule has 0 radical (unpaired) electrons. The molecule has 0 rings (SSSR count). The third-order valence-corrected chi connectivity index (χ3v) is 11.5. The first-order chi connectivity index (χ1) is 28.0. The molecule has 0 aromatic heterocycles. The molecule has 0 aromatic rings. The van der Waals surface area contributed by atoms with E-state index >= 15 is 0 Å². The Labute approximate surface area is 354 Å². The van der Waals surface area contributed by atoms with Crippen LogP contribution in [0, 0.1) is 0 Å². The summed E-state index contributed by atoms with van der Waals surface area (Å²) in [4.78, 5) is 24.4. The molecule has 6 heteroatoms. The number of aliphatic hydroxyl groups is 2. The number of carbonyl (C=O) groups is 2. The molecule has 0 aliphatic rings. The minimum absolute atomic E-state index is 0.00480. The lowest BCUT2D eigenvalue weighted by atomic mass is 10.0. The zero-order valence-corrected chi connectivity index (χ0v) is 38.1. The number of allylic oxidation sites excluding steroid dienone is 3. The van der Waals surface area contributed by atoms with Crippen molar-refractivity contribution in [2.75, 3.05) is 13.2 Å². The van der Waals surface area contributed by atoms with Gasteiger partial charge in [-0.1, -0.05) is 218 Å². The van der Waals surface area contributed by atoms with Crippen LogP contribution in [0.5, 0.6) is 0 Å². The number of hydrogen-bond acceptors (Lipinski definition) is 5. The fourth-order valence-corrected chi connectivity index (χ4v) is 7.57. The van der Waals surface area contributed by atoms with Gasteiger partial charge in [-0.15, -0.1) is 0 Å². The Kier molecular flexibility index (Phi) is 45.7. The van der Waals surface area contributed by atoms with E-state index in [1.54, 1.807) is 6.08 Å². The summed E-state index contributed by atoms with van der Waals surface area (Å²) in [6.45, 7) is 4.85. The van der Waals surface area contributed by atoms with Gasteiger partial charge in [-0.3, -0.25) is 9.59 Å². The second-order valence-electron chi connectivity index (χ2n) is 17.1. The standard InChI is InChI=1S/C51H97NO5/c1-3-5-7-9-11-13-14-15-22-25-29-33-37-41-45-51(56)57-46-42-38-34-30-26-23-20-18-16-17-19-21-24-28-32-36-40-44-50(55)52-48(47-53)49(54)43-39-35-31-27-12-10-8-6-4-2/h14-15,39,43,48-49,53-54H,3-13,16-38,40-42,44-47H2,1-2H3,(H,52,55)/b15-14-,43-39+. The van der Waals surface area contributed by atoms with Crippen molar-refractivity contribution in [2.45, 2.75) is 276 Å². The molecule has 2 atom stereocenters. The van der Waals surface area contributed by atoms with E-state index in [2.05, 4.69) is 31.3 Å². The third kappa shape index (κ3) is 43.7. The molecule has 2 unspecified atom stereocenters. The molecular formula is C51H97NO5. The minimum atomic E-state index is -0.845. The van der Waals surface area contributed by atoms with Gasteiger partial charge < -0.3 is 20.3 Å². The van der Waals surface area contributed by atoms with Gasteiger partial charge in [0.05, 0.1) is 25.4 Å². The SMILES string of the molecule is CCCCCCC/C=C\CCCCCCCC(=O)OCCCCCCCCCCCCCCCCCCCC(=O)NC(CO)C(O)/C=C/CCCCCCCCC. The quantitative estimate of drug-likeness (QED) is 0.0324. The van der Waals surface area contributed by atoms with Crippen molar-refractivity contribution in [3.05, 3.63) is 24.3 Å². The molecule has 0 saturated carbocycles. The number of unbranched alkanes of at least 4 members (excludes halogenated alkanes) is 33. The lowest BCUT2D eigenvalue weighted by Gasteiger charge is -2.20. The zero-order chi connectivity index (χ0) is 41.5. The molecule has 1 amide bonds. The normalized spacial score (nSPS) is 12.8. The highest BCUT2D eigenvalue weighted by molar-refractivity contribution is 5.76. The van der Waals surface area contributed by atoms with Crippen LogP contribution < -0.4 is 5.32 Å². The van der Waals surface area contributed by atoms with Gasteiger partial charge in [0.2, 0.25) is 5.91 Å². The Morgan fingerprint density at radius 3 is 1.25 bits per heavy atom. The smallest absolute Gasteiger partial charge is 0.305 e. The van der Waals surface area contributed by atoms with Crippen LogP contribution in [0.4, 0.5) is 0 Å². The number of esters is 1. The Morgan fingerprint density at radius 1 is 0.474 bits per heavy atom. The second kappa shape index (κ2) is 47.0. The fraction of sp³-hybridized carbons (Fsp3) is 0.882. The highest BCUT2D eigenvalue weighted by Crippen LogP contribution is 2.16. The topological polar surface area (TPSA) is 95.9 Å². The number of aliphatic hydroxyl groups excluding tert-OH is 2. The van der Waals surface area contributed by atoms with Gasteiger partial charge >= 0.3 is 5.97 Å². The van der Waals surface area contributed by atoms with E-state index in [9.17, 15) is 19.8 Å². The Hall–Kier alpha value is -1.66. The molecular weight excluding hydrogens is 707 g/mol. The average Bonchev–Trinajstić information content (AvgIpc) is 3.21. The molecule has 336 valence electrons. The molecule has 0 aliphatic heterocycles. The summed E-state index contributed by atoms with van der Waals surface area (Å²) in [6.07, 6.45) is 54.7. The fourth-order valence-electron chi connectivity index (χ4n) is 7.57. The first-order valence-corrected chi connectivity index (χ1v) is 25.1. The van der Waals surface area contributed by atoms with Crippen molar-refractivity contribution >= 4 is 11.9 Å². The molecule has 0 saturated heterocycles. The van der Waals surface area contributed by atoms with E-state index in [0.29, 0.717) is 19.4 Å². The zero-order valence-electron chi connectivity index (χ0n) is 38.1. The van der Waals surface area contributed by atoms with E-state index in [-0.39, 0.29) is 18.5 Å². The highest BCUT2D eigenvalue weighted by atomic mass is 16.5. The van der Waals surface area contributed by atoms with Crippen LogP contribution in [-0.4, -0.2) is 47.4 Å². The summed E-state index contributed by atoms with van der Waals surface area (Å²) in [6, 6.07) is -0.629. The molecule has 57 heavy (non-hydrogen) atoms. The van der Waals surface area contributed by atoms with Crippen LogP contribution in [0.2, 0.25) is 0 Å². The predicted molar refractivity (Wildman–Crippen MR) is 246 cm³/mol. The number of hydrogen-bond donors (Lipinski definition) is 3. The van der Waals surface area contributed by atoms with Crippen LogP contribution in [-0.2, 0) is 14.3 Å². The van der Waals surface area contributed by atoms with Crippen molar-refractivity contribution in [3.63, 3.8) is 0 Å². The van der Waals surface area contributed by atoms with Crippen molar-refractivity contribution < 1.29 is 24.5 Å². The molecule has 0 aliphatic carbocycles. The summed E-state index contributed by atoms with van der Waals surface area (Å²) in [5.74, 6) is -0.0814. The molecule has 3 N–H and O–H groups in total. The Bertz CT molecular complexity index is 889. The predicted octanol–water partition coefficient (Wildman–Crippen LogP) is 14.7.